The summed E-state index contributed by atoms with van der Waals surface area (Å²) in [6, 6.07) is -1.24. The molecule has 5 rings (SSSR count). The van der Waals surface area contributed by atoms with Gasteiger partial charge >= 0.3 is 12.1 Å². The van der Waals surface area contributed by atoms with Gasteiger partial charge in [-0.05, 0) is 118 Å². The fourth-order valence-corrected chi connectivity index (χ4v) is 10.9. The van der Waals surface area contributed by atoms with Gasteiger partial charge in [0.2, 0.25) is 0 Å². The van der Waals surface area contributed by atoms with E-state index < -0.39 is 23.8 Å². The number of hydrogen-bond acceptors (Lipinski definition) is 6. The highest BCUT2D eigenvalue weighted by Crippen LogP contribution is 2.76. The Morgan fingerprint density at radius 2 is 1.88 bits per heavy atom. The highest BCUT2D eigenvalue weighted by atomic mass is 16.7. The van der Waals surface area contributed by atoms with E-state index in [-0.39, 0.29) is 18.1 Å². The molecule has 0 amide bonds. The van der Waals surface area contributed by atoms with E-state index in [4.69, 9.17) is 20.3 Å². The third kappa shape index (κ3) is 5.12. The van der Waals surface area contributed by atoms with E-state index in [0.717, 1.165) is 56.3 Å². The highest BCUT2D eigenvalue weighted by molar-refractivity contribution is 5.73. The number of rotatable bonds is 9. The molecule has 7 heteroatoms. The van der Waals surface area contributed by atoms with Gasteiger partial charge < -0.3 is 25.4 Å². The van der Waals surface area contributed by atoms with Gasteiger partial charge in [-0.2, -0.15) is 0 Å². The van der Waals surface area contributed by atoms with Gasteiger partial charge in [0.15, 0.2) is 0 Å². The summed E-state index contributed by atoms with van der Waals surface area (Å²) in [4.78, 5) is 23.1. The summed E-state index contributed by atoms with van der Waals surface area (Å²) in [6.07, 6.45) is 18.1. The van der Waals surface area contributed by atoms with Crippen LogP contribution in [0.4, 0.5) is 4.79 Å². The van der Waals surface area contributed by atoms with Crippen LogP contribution in [0.25, 0.3) is 0 Å². The second-order valence-electron chi connectivity index (χ2n) is 15.1. The minimum Gasteiger partial charge on any atom is -0.480 e. The smallest absolute Gasteiger partial charge is 0.480 e. The molecule has 0 heterocycles. The van der Waals surface area contributed by atoms with Gasteiger partial charge in [-0.25, -0.2) is 4.79 Å². The number of carbonyl (C=O) groups excluding carboxylic acids is 1. The molecule has 0 aromatic heterocycles. The molecule has 5 aliphatic carbocycles. The molecule has 4 saturated carbocycles. The summed E-state index contributed by atoms with van der Waals surface area (Å²) < 4.78 is 10.6. The summed E-state index contributed by atoms with van der Waals surface area (Å²) in [6.45, 7) is 8.51. The Morgan fingerprint density at radius 1 is 1.12 bits per heavy atom. The molecule has 0 aromatic rings. The van der Waals surface area contributed by atoms with Crippen molar-refractivity contribution in [2.75, 3.05) is 6.61 Å². The Labute approximate surface area is 240 Å². The maximum Gasteiger partial charge on any atom is 0.508 e. The van der Waals surface area contributed by atoms with Crippen molar-refractivity contribution in [2.45, 2.75) is 135 Å². The molecule has 9 atom stereocenters. The van der Waals surface area contributed by atoms with Gasteiger partial charge in [-0.3, -0.25) is 4.79 Å². The fraction of sp³-hybridized carbons (Fsp3) is 0.879. The number of hydrogen-bond donors (Lipinski definition) is 3. The van der Waals surface area contributed by atoms with Crippen LogP contribution in [0.3, 0.4) is 0 Å². The first kappa shape index (κ1) is 29.9. The average molecular weight is 560 g/mol. The molecule has 0 bridgehead atoms. The second kappa shape index (κ2) is 10.9. The van der Waals surface area contributed by atoms with Crippen molar-refractivity contribution in [3.63, 3.8) is 0 Å². The average Bonchev–Trinajstić information content (AvgIpc) is 3.40. The molecular formula is C33H53NO6. The van der Waals surface area contributed by atoms with Gasteiger partial charge in [0, 0.05) is 6.42 Å². The first-order valence-corrected chi connectivity index (χ1v) is 16.0. The van der Waals surface area contributed by atoms with Crippen molar-refractivity contribution in [3.8, 4) is 0 Å². The molecule has 5 aliphatic rings. The minimum absolute atomic E-state index is 0.169. The predicted molar refractivity (Wildman–Crippen MR) is 153 cm³/mol. The summed E-state index contributed by atoms with van der Waals surface area (Å²) in [7, 11) is 0. The molecule has 40 heavy (non-hydrogen) atoms. The minimum atomic E-state index is -1.24. The Bertz CT molecular complexity index is 1000. The van der Waals surface area contributed by atoms with Gasteiger partial charge in [0.25, 0.3) is 0 Å². The van der Waals surface area contributed by atoms with E-state index in [1.54, 1.807) is 0 Å². The molecule has 7 nitrogen and oxygen atoms in total. The van der Waals surface area contributed by atoms with Gasteiger partial charge in [-0.1, -0.05) is 44.8 Å². The number of carbonyl (C=O) groups is 2. The van der Waals surface area contributed by atoms with Crippen molar-refractivity contribution in [1.82, 2.24) is 0 Å². The van der Waals surface area contributed by atoms with E-state index >= 15 is 0 Å². The third-order valence-electron chi connectivity index (χ3n) is 12.7. The number of allylic oxidation sites excluding steroid dienone is 1. The molecule has 0 unspecified atom stereocenters. The third-order valence-corrected chi connectivity index (χ3v) is 12.7. The molecule has 226 valence electrons. The van der Waals surface area contributed by atoms with Crippen LogP contribution < -0.4 is 5.73 Å². The van der Waals surface area contributed by atoms with Crippen LogP contribution >= 0.6 is 0 Å². The van der Waals surface area contributed by atoms with Gasteiger partial charge in [0.05, 0.1) is 5.60 Å². The quantitative estimate of drug-likeness (QED) is 0.215. The molecule has 0 radical (unpaired) electrons. The standard InChI is InChI=1S/C33H53NO6/c1-21(7-5-13-30(2,3)38)32-14-6-15-33(32)18-11-25-24(26(33)12-17-32)9-8-22-19-23(10-16-31(22,25)4)40-29(37)39-20-27(34)28(35)36/h8,21,23-27,38H,5-7,9-20,34H2,1-4H3,(H,35,36)/t21-,23+,24-,25+,26+,27+,31+,32-,33+/m1/s1. The fourth-order valence-electron chi connectivity index (χ4n) is 10.9. The molecule has 0 saturated heterocycles. The zero-order chi connectivity index (χ0) is 28.9. The number of carboxylic acid groups (broad SMARTS) is 1. The van der Waals surface area contributed by atoms with Crippen molar-refractivity contribution < 1.29 is 29.3 Å². The van der Waals surface area contributed by atoms with Crippen LogP contribution in [0.1, 0.15) is 118 Å². The van der Waals surface area contributed by atoms with Crippen LogP contribution in [0.2, 0.25) is 0 Å². The van der Waals surface area contributed by atoms with Crippen LogP contribution in [0.5, 0.6) is 0 Å². The Hall–Kier alpha value is -1.60. The van der Waals surface area contributed by atoms with E-state index in [1.165, 1.54) is 56.9 Å². The largest absolute Gasteiger partial charge is 0.508 e. The lowest BCUT2D eigenvalue weighted by Crippen LogP contribution is -2.53. The van der Waals surface area contributed by atoms with E-state index in [2.05, 4.69) is 19.9 Å². The SMILES string of the molecule is C[C@H](CCCC(C)(C)O)[C@]12CCC[C@@]13CC[C@H]1[C@@H](CC=C4C[C@@H](OC(=O)OC[C@H](N)C(=O)O)CC[C@@]41C)[C@@H]3CC2. The van der Waals surface area contributed by atoms with Gasteiger partial charge in [0.1, 0.15) is 18.8 Å². The predicted octanol–water partition coefficient (Wildman–Crippen LogP) is 6.61. The first-order chi connectivity index (χ1) is 18.8. The Morgan fingerprint density at radius 3 is 2.60 bits per heavy atom. The molecule has 1 spiro atoms. The number of carboxylic acids is 1. The van der Waals surface area contributed by atoms with Crippen molar-refractivity contribution >= 4 is 12.1 Å². The summed E-state index contributed by atoms with van der Waals surface area (Å²) in [5.74, 6) is 1.80. The van der Waals surface area contributed by atoms with Crippen LogP contribution in [0, 0.1) is 39.9 Å². The summed E-state index contributed by atoms with van der Waals surface area (Å²) in [5, 5.41) is 19.2. The van der Waals surface area contributed by atoms with E-state index in [9.17, 15) is 14.7 Å². The van der Waals surface area contributed by atoms with E-state index in [0.29, 0.717) is 16.7 Å². The maximum atomic E-state index is 12.2. The zero-order valence-electron chi connectivity index (χ0n) is 25.3. The topological polar surface area (TPSA) is 119 Å². The molecule has 4 fully saturated rings. The highest BCUT2D eigenvalue weighted by Gasteiger charge is 2.68. The Kier molecular flexibility index (Phi) is 8.15. The van der Waals surface area contributed by atoms with Crippen molar-refractivity contribution in [3.05, 3.63) is 11.6 Å². The normalized spacial score (nSPS) is 40.1. The first-order valence-electron chi connectivity index (χ1n) is 16.0. The van der Waals surface area contributed by atoms with Crippen LogP contribution in [-0.2, 0) is 14.3 Å². The maximum absolute atomic E-state index is 12.2. The monoisotopic (exact) mass is 559 g/mol. The molecule has 4 N–H and O–H groups in total. The van der Waals surface area contributed by atoms with Crippen LogP contribution in [0.15, 0.2) is 11.6 Å². The number of aliphatic hydroxyl groups is 1. The summed E-state index contributed by atoms with van der Waals surface area (Å²) in [5.41, 5.74) is 7.49. The summed E-state index contributed by atoms with van der Waals surface area (Å²) >= 11 is 0. The van der Waals surface area contributed by atoms with E-state index in [1.807, 2.05) is 13.8 Å². The lowest BCUT2D eigenvalue weighted by Gasteiger charge is -2.60. The second-order valence-corrected chi connectivity index (χ2v) is 15.1. The van der Waals surface area contributed by atoms with Gasteiger partial charge in [-0.15, -0.1) is 0 Å². The van der Waals surface area contributed by atoms with Crippen molar-refractivity contribution in [1.29, 1.82) is 0 Å². The Balaban J connectivity index is 1.25. The number of ether oxygens (including phenoxy) is 2. The zero-order valence-corrected chi connectivity index (χ0v) is 25.3. The molecule has 0 aliphatic heterocycles. The van der Waals surface area contributed by atoms with Crippen molar-refractivity contribution in [2.24, 2.45) is 45.7 Å². The molecular weight excluding hydrogens is 506 g/mol. The molecule has 0 aromatic carbocycles. The lowest BCUT2D eigenvalue weighted by molar-refractivity contribution is -0.139. The lowest BCUT2D eigenvalue weighted by atomic mass is 9.44. The number of aliphatic carboxylic acids is 1. The number of nitrogens with two attached hydrogens (primary N) is 1. The number of fused-ring (bicyclic) bond motifs is 4. The van der Waals surface area contributed by atoms with Crippen LogP contribution in [-0.4, -0.2) is 46.7 Å².